The molecule has 2 rings (SSSR count). The van der Waals surface area contributed by atoms with Gasteiger partial charge in [0.25, 0.3) is 0 Å². The zero-order valence-electron chi connectivity index (χ0n) is 10.8. The Labute approximate surface area is 124 Å². The number of ketones is 1. The number of benzene rings is 1. The van der Waals surface area contributed by atoms with Gasteiger partial charge in [-0.25, -0.2) is 4.79 Å². The molecule has 1 aromatic carbocycles. The van der Waals surface area contributed by atoms with E-state index in [0.717, 1.165) is 4.47 Å². The number of methoxy groups -OCH3 is 1. The first-order valence-corrected chi connectivity index (χ1v) is 6.72. The van der Waals surface area contributed by atoms with Gasteiger partial charge >= 0.3 is 5.97 Å². The summed E-state index contributed by atoms with van der Waals surface area (Å²) in [5.41, 5.74) is 1.32. The number of aromatic nitrogens is 1. The van der Waals surface area contributed by atoms with Crippen LogP contribution in [0.5, 0.6) is 0 Å². The fourth-order valence-electron chi connectivity index (χ4n) is 1.76. The van der Waals surface area contributed by atoms with Crippen molar-refractivity contribution in [2.75, 3.05) is 7.11 Å². The van der Waals surface area contributed by atoms with Crippen LogP contribution in [0.1, 0.15) is 26.4 Å². The van der Waals surface area contributed by atoms with Gasteiger partial charge < -0.3 is 4.74 Å². The Hall–Kier alpha value is -2.01. The Morgan fingerprint density at radius 2 is 1.90 bits per heavy atom. The lowest BCUT2D eigenvalue weighted by molar-refractivity contribution is 0.0599. The van der Waals surface area contributed by atoms with E-state index in [1.807, 2.05) is 0 Å². The molecule has 0 atom stereocenters. The summed E-state index contributed by atoms with van der Waals surface area (Å²) in [5, 5.41) is 0. The number of nitrogens with zero attached hydrogens (tertiary/aromatic N) is 1. The number of ether oxygens (including phenoxy) is 1. The first-order chi connectivity index (χ1) is 9.61. The van der Waals surface area contributed by atoms with Gasteiger partial charge in [-0.05, 0) is 24.3 Å². The average molecular weight is 334 g/mol. The van der Waals surface area contributed by atoms with Gasteiger partial charge in [0.1, 0.15) is 0 Å². The molecule has 0 bridgehead atoms. The number of Topliss-reactive ketones (excluding diaryl/α,β-unsaturated/α-hetero) is 1. The molecule has 0 unspecified atom stereocenters. The van der Waals surface area contributed by atoms with Gasteiger partial charge in [-0.1, -0.05) is 28.1 Å². The maximum Gasteiger partial charge on any atom is 0.339 e. The van der Waals surface area contributed by atoms with Gasteiger partial charge in [0.05, 0.1) is 24.8 Å². The first kappa shape index (κ1) is 14.4. The maximum atomic E-state index is 12.2. The van der Waals surface area contributed by atoms with Crippen LogP contribution in [0.4, 0.5) is 0 Å². The molecule has 0 saturated heterocycles. The second kappa shape index (κ2) is 6.43. The lowest BCUT2D eigenvalue weighted by Gasteiger charge is -2.06. The number of carbonyl (C=O) groups excluding carboxylic acids is 2. The van der Waals surface area contributed by atoms with E-state index in [0.29, 0.717) is 16.8 Å². The molecule has 0 aliphatic carbocycles. The second-order valence-electron chi connectivity index (χ2n) is 4.10. The third-order valence-corrected chi connectivity index (χ3v) is 3.32. The molecule has 2 aromatic rings. The maximum absolute atomic E-state index is 12.2. The molecule has 102 valence electrons. The summed E-state index contributed by atoms with van der Waals surface area (Å²) in [4.78, 5) is 27.9. The normalized spacial score (nSPS) is 10.1. The Morgan fingerprint density at radius 1 is 1.20 bits per heavy atom. The van der Waals surface area contributed by atoms with Crippen molar-refractivity contribution in [2.45, 2.75) is 6.42 Å². The molecule has 0 radical (unpaired) electrons. The number of esters is 1. The molecule has 1 aromatic heterocycles. The summed E-state index contributed by atoms with van der Waals surface area (Å²) < 4.78 is 5.59. The number of hydrogen-bond acceptors (Lipinski definition) is 4. The van der Waals surface area contributed by atoms with Crippen molar-refractivity contribution in [2.24, 2.45) is 0 Å². The van der Waals surface area contributed by atoms with Crippen molar-refractivity contribution in [3.05, 3.63) is 63.9 Å². The smallest absolute Gasteiger partial charge is 0.339 e. The SMILES string of the molecule is COC(=O)c1cccnc1CC(=O)c1ccc(Br)cc1. The summed E-state index contributed by atoms with van der Waals surface area (Å²) in [6, 6.07) is 10.3. The van der Waals surface area contributed by atoms with Crippen LogP contribution in [0.2, 0.25) is 0 Å². The molecule has 5 heteroatoms. The Balaban J connectivity index is 2.24. The highest BCUT2D eigenvalue weighted by Crippen LogP contribution is 2.14. The van der Waals surface area contributed by atoms with E-state index >= 15 is 0 Å². The average Bonchev–Trinajstić information content (AvgIpc) is 2.47. The van der Waals surface area contributed by atoms with E-state index in [1.54, 1.807) is 42.6 Å². The standard InChI is InChI=1S/C15H12BrNO3/c1-20-15(19)12-3-2-8-17-13(12)9-14(18)10-4-6-11(16)7-5-10/h2-8H,9H2,1H3. The number of pyridine rings is 1. The Kier molecular flexibility index (Phi) is 4.63. The molecule has 0 aliphatic heterocycles. The summed E-state index contributed by atoms with van der Waals surface area (Å²) in [6.07, 6.45) is 1.61. The summed E-state index contributed by atoms with van der Waals surface area (Å²) in [7, 11) is 1.30. The van der Waals surface area contributed by atoms with E-state index in [9.17, 15) is 9.59 Å². The molecule has 0 N–H and O–H groups in total. The Morgan fingerprint density at radius 3 is 2.55 bits per heavy atom. The number of hydrogen-bond donors (Lipinski definition) is 0. The third kappa shape index (κ3) is 3.30. The van der Waals surface area contributed by atoms with Gasteiger partial charge in [0.15, 0.2) is 5.78 Å². The molecular formula is C15H12BrNO3. The van der Waals surface area contributed by atoms with Crippen molar-refractivity contribution >= 4 is 27.7 Å². The minimum atomic E-state index is -0.489. The molecule has 0 aliphatic rings. The highest BCUT2D eigenvalue weighted by atomic mass is 79.9. The van der Waals surface area contributed by atoms with Crippen molar-refractivity contribution in [3.63, 3.8) is 0 Å². The zero-order chi connectivity index (χ0) is 14.5. The van der Waals surface area contributed by atoms with Crippen molar-refractivity contribution in [1.29, 1.82) is 0 Å². The van der Waals surface area contributed by atoms with E-state index in [2.05, 4.69) is 25.7 Å². The van der Waals surface area contributed by atoms with Crippen LogP contribution in [0.3, 0.4) is 0 Å². The minimum absolute atomic E-state index is 0.0624. The van der Waals surface area contributed by atoms with E-state index in [-0.39, 0.29) is 12.2 Å². The quantitative estimate of drug-likeness (QED) is 0.637. The molecule has 1 heterocycles. The van der Waals surface area contributed by atoms with E-state index in [1.165, 1.54) is 7.11 Å². The fourth-order valence-corrected chi connectivity index (χ4v) is 2.03. The fraction of sp³-hybridized carbons (Fsp3) is 0.133. The molecular weight excluding hydrogens is 322 g/mol. The van der Waals surface area contributed by atoms with Gasteiger partial charge in [-0.2, -0.15) is 0 Å². The topological polar surface area (TPSA) is 56.3 Å². The predicted octanol–water partition coefficient (Wildman–Crippen LogP) is 3.06. The largest absolute Gasteiger partial charge is 0.465 e. The van der Waals surface area contributed by atoms with Gasteiger partial charge in [-0.3, -0.25) is 9.78 Å². The monoisotopic (exact) mass is 333 g/mol. The van der Waals surface area contributed by atoms with E-state index in [4.69, 9.17) is 0 Å². The number of rotatable bonds is 4. The highest BCUT2D eigenvalue weighted by molar-refractivity contribution is 9.10. The van der Waals surface area contributed by atoms with Crippen molar-refractivity contribution in [3.8, 4) is 0 Å². The van der Waals surface area contributed by atoms with Crippen LogP contribution < -0.4 is 0 Å². The molecule has 0 amide bonds. The number of carbonyl (C=O) groups is 2. The summed E-state index contributed by atoms with van der Waals surface area (Å²) >= 11 is 3.32. The van der Waals surface area contributed by atoms with Crippen LogP contribution in [0.15, 0.2) is 47.1 Å². The van der Waals surface area contributed by atoms with Crippen molar-refractivity contribution < 1.29 is 14.3 Å². The van der Waals surface area contributed by atoms with Gasteiger partial charge in [0.2, 0.25) is 0 Å². The summed E-state index contributed by atoms with van der Waals surface area (Å²) in [6.45, 7) is 0. The Bertz CT molecular complexity index is 638. The molecule has 0 spiro atoms. The van der Waals surface area contributed by atoms with Crippen LogP contribution >= 0.6 is 15.9 Å². The van der Waals surface area contributed by atoms with E-state index < -0.39 is 5.97 Å². The highest BCUT2D eigenvalue weighted by Gasteiger charge is 2.16. The third-order valence-electron chi connectivity index (χ3n) is 2.79. The minimum Gasteiger partial charge on any atom is -0.465 e. The van der Waals surface area contributed by atoms with Crippen LogP contribution in [-0.2, 0) is 11.2 Å². The molecule has 4 nitrogen and oxygen atoms in total. The summed E-state index contributed by atoms with van der Waals surface area (Å²) in [5.74, 6) is -0.585. The zero-order valence-corrected chi connectivity index (χ0v) is 12.4. The predicted molar refractivity (Wildman–Crippen MR) is 77.8 cm³/mol. The lowest BCUT2D eigenvalue weighted by atomic mass is 10.0. The molecule has 0 saturated carbocycles. The van der Waals surface area contributed by atoms with Crippen LogP contribution in [0.25, 0.3) is 0 Å². The molecule has 20 heavy (non-hydrogen) atoms. The first-order valence-electron chi connectivity index (χ1n) is 5.93. The second-order valence-corrected chi connectivity index (χ2v) is 5.01. The van der Waals surface area contributed by atoms with Gasteiger partial charge in [-0.15, -0.1) is 0 Å². The van der Waals surface area contributed by atoms with Crippen molar-refractivity contribution in [1.82, 2.24) is 4.98 Å². The number of halogens is 1. The van der Waals surface area contributed by atoms with Gasteiger partial charge in [0, 0.05) is 16.2 Å². The van der Waals surface area contributed by atoms with Crippen LogP contribution in [0, 0.1) is 0 Å². The lowest BCUT2D eigenvalue weighted by Crippen LogP contribution is -2.12. The van der Waals surface area contributed by atoms with Crippen LogP contribution in [-0.4, -0.2) is 23.8 Å². The molecule has 0 fully saturated rings.